The van der Waals surface area contributed by atoms with Crippen molar-refractivity contribution in [1.82, 2.24) is 9.80 Å². The molecular formula is C18H29N3. The van der Waals surface area contributed by atoms with Crippen LogP contribution in [0.1, 0.15) is 36.0 Å². The van der Waals surface area contributed by atoms with E-state index in [-0.39, 0.29) is 0 Å². The van der Waals surface area contributed by atoms with E-state index in [1.165, 1.54) is 55.6 Å². The highest BCUT2D eigenvalue weighted by Crippen LogP contribution is 2.30. The molecule has 0 spiro atoms. The van der Waals surface area contributed by atoms with E-state index in [1.807, 2.05) is 0 Å². The van der Waals surface area contributed by atoms with Crippen molar-refractivity contribution >= 4 is 0 Å². The lowest BCUT2D eigenvalue weighted by Gasteiger charge is -2.46. The number of rotatable bonds is 3. The molecule has 1 aromatic rings. The molecular weight excluding hydrogens is 258 g/mol. The van der Waals surface area contributed by atoms with Crippen LogP contribution in [0.3, 0.4) is 0 Å². The third kappa shape index (κ3) is 3.31. The lowest BCUT2D eigenvalue weighted by atomic mass is 9.84. The third-order valence-electron chi connectivity index (χ3n) is 5.47. The molecule has 0 bridgehead atoms. The molecule has 0 aromatic heterocycles. The highest BCUT2D eigenvalue weighted by Gasteiger charge is 2.34. The fourth-order valence-corrected chi connectivity index (χ4v) is 4.17. The van der Waals surface area contributed by atoms with Gasteiger partial charge in [-0.25, -0.2) is 0 Å². The van der Waals surface area contributed by atoms with Gasteiger partial charge in [0.05, 0.1) is 0 Å². The van der Waals surface area contributed by atoms with Crippen LogP contribution in [0.15, 0.2) is 18.2 Å². The molecule has 21 heavy (non-hydrogen) atoms. The van der Waals surface area contributed by atoms with E-state index >= 15 is 0 Å². The number of piperidine rings is 2. The Bertz CT molecular complexity index is 485. The number of nitrogens with zero attached hydrogens (tertiary/aromatic N) is 2. The summed E-state index contributed by atoms with van der Waals surface area (Å²) in [6.45, 7) is 7.76. The van der Waals surface area contributed by atoms with Gasteiger partial charge in [0.1, 0.15) is 0 Å². The van der Waals surface area contributed by atoms with Crippen LogP contribution in [-0.2, 0) is 13.1 Å². The summed E-state index contributed by atoms with van der Waals surface area (Å²) in [6.07, 6.45) is 4.12. The number of benzene rings is 1. The minimum atomic E-state index is 0.640. The Kier molecular flexibility index (Phi) is 4.63. The Morgan fingerprint density at radius 3 is 2.86 bits per heavy atom. The average molecular weight is 287 g/mol. The first-order valence-electron chi connectivity index (χ1n) is 8.38. The summed E-state index contributed by atoms with van der Waals surface area (Å²) in [4.78, 5) is 5.25. The average Bonchev–Trinajstić information content (AvgIpc) is 2.49. The normalized spacial score (nSPS) is 27.6. The van der Waals surface area contributed by atoms with Crippen molar-refractivity contribution in [1.29, 1.82) is 0 Å². The van der Waals surface area contributed by atoms with Crippen LogP contribution < -0.4 is 5.73 Å². The van der Waals surface area contributed by atoms with E-state index in [9.17, 15) is 0 Å². The van der Waals surface area contributed by atoms with Gasteiger partial charge in [-0.2, -0.15) is 0 Å². The predicted octanol–water partition coefficient (Wildman–Crippen LogP) is 2.37. The molecule has 2 unspecified atom stereocenters. The predicted molar refractivity (Wildman–Crippen MR) is 88.1 cm³/mol. The van der Waals surface area contributed by atoms with Crippen molar-refractivity contribution in [3.8, 4) is 0 Å². The molecule has 2 aliphatic heterocycles. The second-order valence-corrected chi connectivity index (χ2v) is 6.94. The summed E-state index contributed by atoms with van der Waals surface area (Å²) < 4.78 is 0. The maximum atomic E-state index is 5.72. The van der Waals surface area contributed by atoms with E-state index in [0.717, 1.165) is 18.5 Å². The van der Waals surface area contributed by atoms with Gasteiger partial charge in [0, 0.05) is 25.7 Å². The van der Waals surface area contributed by atoms with Crippen molar-refractivity contribution in [2.75, 3.05) is 26.7 Å². The van der Waals surface area contributed by atoms with Crippen molar-refractivity contribution in [3.05, 3.63) is 34.9 Å². The summed E-state index contributed by atoms with van der Waals surface area (Å²) in [5, 5.41) is 0. The van der Waals surface area contributed by atoms with Gasteiger partial charge >= 0.3 is 0 Å². The molecule has 0 aliphatic carbocycles. The first kappa shape index (κ1) is 15.0. The second-order valence-electron chi connectivity index (χ2n) is 6.94. The zero-order valence-corrected chi connectivity index (χ0v) is 13.5. The van der Waals surface area contributed by atoms with Gasteiger partial charge in [0.15, 0.2) is 0 Å². The van der Waals surface area contributed by atoms with Crippen LogP contribution in [0, 0.1) is 12.8 Å². The molecule has 2 N–H and O–H groups in total. The van der Waals surface area contributed by atoms with Crippen LogP contribution in [0.4, 0.5) is 0 Å². The maximum absolute atomic E-state index is 5.72. The van der Waals surface area contributed by atoms with Gasteiger partial charge in [0.25, 0.3) is 0 Å². The standard InChI is InChI=1S/C18H29N3/c1-14-10-15(11-19)5-6-16(14)12-21-9-7-18-17(13-21)4-3-8-20(18)2/h5-6,10,17-18H,3-4,7-9,11-13,19H2,1-2H3. The summed E-state index contributed by atoms with van der Waals surface area (Å²) in [7, 11) is 2.31. The Balaban J connectivity index is 1.64. The first-order chi connectivity index (χ1) is 10.2. The fraction of sp³-hybridized carbons (Fsp3) is 0.667. The molecule has 3 rings (SSSR count). The topological polar surface area (TPSA) is 32.5 Å². The van der Waals surface area contributed by atoms with E-state index in [4.69, 9.17) is 5.73 Å². The largest absolute Gasteiger partial charge is 0.326 e. The number of fused-ring (bicyclic) bond motifs is 1. The monoisotopic (exact) mass is 287 g/mol. The molecule has 1 aromatic carbocycles. The van der Waals surface area contributed by atoms with Gasteiger partial charge in [-0.3, -0.25) is 4.90 Å². The van der Waals surface area contributed by atoms with Crippen molar-refractivity contribution < 1.29 is 0 Å². The molecule has 0 radical (unpaired) electrons. The van der Waals surface area contributed by atoms with Gasteiger partial charge in [-0.15, -0.1) is 0 Å². The Morgan fingerprint density at radius 2 is 2.10 bits per heavy atom. The van der Waals surface area contributed by atoms with Crippen molar-refractivity contribution in [2.24, 2.45) is 11.7 Å². The number of hydrogen-bond acceptors (Lipinski definition) is 3. The summed E-state index contributed by atoms with van der Waals surface area (Å²) in [6, 6.07) is 7.53. The van der Waals surface area contributed by atoms with Gasteiger partial charge in [0.2, 0.25) is 0 Å². The Hall–Kier alpha value is -0.900. The number of hydrogen-bond donors (Lipinski definition) is 1. The van der Waals surface area contributed by atoms with E-state index < -0.39 is 0 Å². The molecule has 2 aliphatic rings. The second kappa shape index (κ2) is 6.47. The smallest absolute Gasteiger partial charge is 0.0236 e. The van der Waals surface area contributed by atoms with Crippen LogP contribution >= 0.6 is 0 Å². The molecule has 116 valence electrons. The van der Waals surface area contributed by atoms with Crippen LogP contribution in [-0.4, -0.2) is 42.5 Å². The number of aryl methyl sites for hydroxylation is 1. The number of likely N-dealkylation sites (tertiary alicyclic amines) is 2. The van der Waals surface area contributed by atoms with E-state index in [1.54, 1.807) is 0 Å². The molecule has 2 atom stereocenters. The molecule has 3 nitrogen and oxygen atoms in total. The minimum Gasteiger partial charge on any atom is -0.326 e. The zero-order chi connectivity index (χ0) is 14.8. The molecule has 0 saturated carbocycles. The van der Waals surface area contributed by atoms with Crippen LogP contribution in [0.25, 0.3) is 0 Å². The SMILES string of the molecule is Cc1cc(CN)ccc1CN1CCC2C(CCCN2C)C1. The van der Waals surface area contributed by atoms with Gasteiger partial charge < -0.3 is 10.6 Å². The van der Waals surface area contributed by atoms with E-state index in [2.05, 4.69) is 42.0 Å². The highest BCUT2D eigenvalue weighted by atomic mass is 15.2. The maximum Gasteiger partial charge on any atom is 0.0236 e. The molecule has 3 heteroatoms. The minimum absolute atomic E-state index is 0.640. The Labute approximate surface area is 129 Å². The van der Waals surface area contributed by atoms with Gasteiger partial charge in [-0.1, -0.05) is 18.2 Å². The fourth-order valence-electron chi connectivity index (χ4n) is 4.17. The van der Waals surface area contributed by atoms with E-state index in [0.29, 0.717) is 6.54 Å². The molecule has 2 saturated heterocycles. The highest BCUT2D eigenvalue weighted by molar-refractivity contribution is 5.31. The number of nitrogens with two attached hydrogens (primary N) is 1. The zero-order valence-electron chi connectivity index (χ0n) is 13.5. The van der Waals surface area contributed by atoms with Gasteiger partial charge in [-0.05, 0) is 68.9 Å². The lowest BCUT2D eigenvalue weighted by molar-refractivity contribution is 0.0354. The van der Waals surface area contributed by atoms with Crippen molar-refractivity contribution in [2.45, 2.75) is 45.3 Å². The molecule has 2 heterocycles. The molecule has 0 amide bonds. The Morgan fingerprint density at radius 1 is 1.24 bits per heavy atom. The summed E-state index contributed by atoms with van der Waals surface area (Å²) in [5.74, 6) is 0.876. The summed E-state index contributed by atoms with van der Waals surface area (Å²) in [5.41, 5.74) is 9.82. The molecule has 2 fully saturated rings. The first-order valence-corrected chi connectivity index (χ1v) is 8.38. The summed E-state index contributed by atoms with van der Waals surface area (Å²) >= 11 is 0. The van der Waals surface area contributed by atoms with Crippen molar-refractivity contribution in [3.63, 3.8) is 0 Å². The quantitative estimate of drug-likeness (QED) is 0.926. The lowest BCUT2D eigenvalue weighted by Crippen LogP contribution is -2.52. The third-order valence-corrected chi connectivity index (χ3v) is 5.47. The van der Waals surface area contributed by atoms with Crippen LogP contribution in [0.5, 0.6) is 0 Å². The van der Waals surface area contributed by atoms with Crippen LogP contribution in [0.2, 0.25) is 0 Å².